The third kappa shape index (κ3) is 1.65. The molecule has 1 aromatic carbocycles. The summed E-state index contributed by atoms with van der Waals surface area (Å²) < 4.78 is 12.8. The average molecular weight is 205 g/mol. The van der Waals surface area contributed by atoms with Crippen molar-refractivity contribution >= 4 is 17.4 Å². The monoisotopic (exact) mass is 204 g/mol. The van der Waals surface area contributed by atoms with Crippen molar-refractivity contribution in [2.45, 2.75) is 0 Å². The van der Waals surface area contributed by atoms with Gasteiger partial charge in [-0.05, 0) is 12.1 Å². The molecule has 0 radical (unpaired) electrons. The normalized spacial score (nSPS) is 11.7. The molecule has 0 aliphatic heterocycles. The van der Waals surface area contributed by atoms with Crippen molar-refractivity contribution in [3.05, 3.63) is 28.5 Å². The van der Waals surface area contributed by atoms with Crippen LogP contribution in [0.3, 0.4) is 0 Å². The highest BCUT2D eigenvalue weighted by Gasteiger charge is 2.14. The maximum absolute atomic E-state index is 12.8. The molecule has 0 heterocycles. The zero-order chi connectivity index (χ0) is 10.0. The minimum absolute atomic E-state index is 0.218. The van der Waals surface area contributed by atoms with Gasteiger partial charge in [-0.3, -0.25) is 0 Å². The van der Waals surface area contributed by atoms with Crippen LogP contribution in [0.15, 0.2) is 17.3 Å². The van der Waals surface area contributed by atoms with E-state index in [0.29, 0.717) is 0 Å². The lowest BCUT2D eigenvalue weighted by Crippen LogP contribution is -2.14. The third-order valence-electron chi connectivity index (χ3n) is 1.44. The number of oxime groups is 1. The second kappa shape index (κ2) is 3.49. The van der Waals surface area contributed by atoms with Crippen LogP contribution in [0.5, 0.6) is 5.75 Å². The van der Waals surface area contributed by atoms with Crippen molar-refractivity contribution in [3.63, 3.8) is 0 Å². The van der Waals surface area contributed by atoms with E-state index in [0.717, 1.165) is 12.1 Å². The Kier molecular flexibility index (Phi) is 2.57. The van der Waals surface area contributed by atoms with E-state index >= 15 is 0 Å². The summed E-state index contributed by atoms with van der Waals surface area (Å²) in [6.45, 7) is 0. The Morgan fingerprint density at radius 2 is 2.15 bits per heavy atom. The topological polar surface area (TPSA) is 78.8 Å². The number of amidine groups is 1. The Labute approximate surface area is 78.0 Å². The summed E-state index contributed by atoms with van der Waals surface area (Å²) in [6.07, 6.45) is 0. The van der Waals surface area contributed by atoms with Gasteiger partial charge < -0.3 is 16.0 Å². The van der Waals surface area contributed by atoms with Gasteiger partial charge in [-0.25, -0.2) is 4.39 Å². The summed E-state index contributed by atoms with van der Waals surface area (Å²) in [5.41, 5.74) is 4.94. The first kappa shape index (κ1) is 9.60. The molecule has 6 heteroatoms. The van der Waals surface area contributed by atoms with E-state index in [1.165, 1.54) is 0 Å². The van der Waals surface area contributed by atoms with E-state index in [4.69, 9.17) is 22.5 Å². The van der Waals surface area contributed by atoms with Gasteiger partial charge in [0.1, 0.15) is 11.6 Å². The average Bonchev–Trinajstić information content (AvgIpc) is 2.12. The van der Waals surface area contributed by atoms with Gasteiger partial charge in [-0.2, -0.15) is 0 Å². The van der Waals surface area contributed by atoms with Crippen molar-refractivity contribution in [2.24, 2.45) is 10.9 Å². The van der Waals surface area contributed by atoms with Crippen molar-refractivity contribution in [1.82, 2.24) is 0 Å². The number of aromatic hydroxyl groups is 1. The Morgan fingerprint density at radius 3 is 2.69 bits per heavy atom. The molecule has 0 fully saturated rings. The largest absolute Gasteiger partial charge is 0.507 e. The van der Waals surface area contributed by atoms with E-state index in [-0.39, 0.29) is 16.3 Å². The third-order valence-corrected chi connectivity index (χ3v) is 1.81. The predicted molar refractivity (Wildman–Crippen MR) is 45.6 cm³/mol. The minimum atomic E-state index is -0.749. The molecule has 1 aromatic rings. The zero-order valence-electron chi connectivity index (χ0n) is 6.33. The summed E-state index contributed by atoms with van der Waals surface area (Å²) in [5.74, 6) is -1.54. The van der Waals surface area contributed by atoms with Crippen LogP contribution in [-0.4, -0.2) is 16.1 Å². The molecular weight excluding hydrogens is 199 g/mol. The molecule has 0 saturated heterocycles. The number of rotatable bonds is 1. The fraction of sp³-hybridized carbons (Fsp3) is 0. The number of nitrogens with two attached hydrogens (primary N) is 1. The van der Waals surface area contributed by atoms with Crippen LogP contribution >= 0.6 is 11.6 Å². The van der Waals surface area contributed by atoms with Crippen LogP contribution in [0.4, 0.5) is 4.39 Å². The molecule has 0 atom stereocenters. The Balaban J connectivity index is 3.42. The zero-order valence-corrected chi connectivity index (χ0v) is 7.09. The Bertz CT molecular complexity index is 368. The molecule has 0 unspecified atom stereocenters. The quantitative estimate of drug-likeness (QED) is 0.279. The lowest BCUT2D eigenvalue weighted by atomic mass is 10.2. The second-order valence-corrected chi connectivity index (χ2v) is 2.62. The number of phenols is 1. The maximum atomic E-state index is 12.8. The van der Waals surface area contributed by atoms with Crippen LogP contribution in [0.1, 0.15) is 5.56 Å². The summed E-state index contributed by atoms with van der Waals surface area (Å²) in [4.78, 5) is 0. The number of halogens is 2. The molecule has 1 rings (SSSR count). The van der Waals surface area contributed by atoms with E-state index in [9.17, 15) is 9.50 Å². The molecule has 0 saturated carbocycles. The highest BCUT2D eigenvalue weighted by molar-refractivity contribution is 6.34. The maximum Gasteiger partial charge on any atom is 0.175 e. The predicted octanol–water partition coefficient (Wildman–Crippen LogP) is 1.28. The number of benzene rings is 1. The van der Waals surface area contributed by atoms with Crippen LogP contribution < -0.4 is 5.73 Å². The first-order valence-corrected chi connectivity index (χ1v) is 3.60. The first-order valence-electron chi connectivity index (χ1n) is 3.22. The van der Waals surface area contributed by atoms with Gasteiger partial charge in [0.2, 0.25) is 0 Å². The van der Waals surface area contributed by atoms with Crippen LogP contribution in [0, 0.1) is 5.82 Å². The molecule has 0 bridgehead atoms. The van der Waals surface area contributed by atoms with Gasteiger partial charge in [0.25, 0.3) is 0 Å². The number of hydrogen-bond acceptors (Lipinski definition) is 3. The summed E-state index contributed by atoms with van der Waals surface area (Å²) in [7, 11) is 0. The summed E-state index contributed by atoms with van der Waals surface area (Å²) in [5, 5.41) is 19.7. The second-order valence-electron chi connectivity index (χ2n) is 2.24. The smallest absolute Gasteiger partial charge is 0.175 e. The van der Waals surface area contributed by atoms with E-state index < -0.39 is 11.7 Å². The number of hydrogen-bond donors (Lipinski definition) is 3. The fourth-order valence-electron chi connectivity index (χ4n) is 0.834. The van der Waals surface area contributed by atoms with Crippen LogP contribution in [-0.2, 0) is 0 Å². The molecular formula is C7H6ClFN2O2. The highest BCUT2D eigenvalue weighted by Crippen LogP contribution is 2.27. The van der Waals surface area contributed by atoms with Crippen LogP contribution in [0.2, 0.25) is 5.02 Å². The van der Waals surface area contributed by atoms with Gasteiger partial charge in [0.05, 0.1) is 10.6 Å². The first-order chi connectivity index (χ1) is 6.07. The Hall–Kier alpha value is -1.49. The van der Waals surface area contributed by atoms with Gasteiger partial charge in [-0.1, -0.05) is 16.8 Å². The number of nitrogens with zero attached hydrogens (tertiary/aromatic N) is 1. The van der Waals surface area contributed by atoms with E-state index in [1.54, 1.807) is 0 Å². The standard InChI is InChI=1S/C7H6ClFN2O2/c8-6-3(9)1-2-4(12)5(6)7(10)11-13/h1-2,12-13H,(H2,10,11). The lowest BCUT2D eigenvalue weighted by Gasteiger charge is -2.04. The molecule has 4 nitrogen and oxygen atoms in total. The molecule has 13 heavy (non-hydrogen) atoms. The SMILES string of the molecule is N/C(=N/O)c1c(O)ccc(F)c1Cl. The molecule has 70 valence electrons. The molecule has 0 spiro atoms. The van der Waals surface area contributed by atoms with Gasteiger partial charge in [0, 0.05) is 0 Å². The summed E-state index contributed by atoms with van der Waals surface area (Å²) in [6, 6.07) is 2.04. The molecule has 0 aliphatic rings. The van der Waals surface area contributed by atoms with E-state index in [2.05, 4.69) is 5.16 Å². The van der Waals surface area contributed by atoms with Crippen LogP contribution in [0.25, 0.3) is 0 Å². The fourth-order valence-corrected chi connectivity index (χ4v) is 1.09. The Morgan fingerprint density at radius 1 is 1.54 bits per heavy atom. The van der Waals surface area contributed by atoms with E-state index in [1.807, 2.05) is 0 Å². The molecule has 0 aromatic heterocycles. The van der Waals surface area contributed by atoms with Crippen molar-refractivity contribution in [1.29, 1.82) is 0 Å². The lowest BCUT2D eigenvalue weighted by molar-refractivity contribution is 0.318. The minimum Gasteiger partial charge on any atom is -0.507 e. The van der Waals surface area contributed by atoms with Crippen molar-refractivity contribution in [3.8, 4) is 5.75 Å². The summed E-state index contributed by atoms with van der Waals surface area (Å²) >= 11 is 5.47. The van der Waals surface area contributed by atoms with Gasteiger partial charge >= 0.3 is 0 Å². The molecule has 0 aliphatic carbocycles. The molecule has 4 N–H and O–H groups in total. The van der Waals surface area contributed by atoms with Crippen molar-refractivity contribution < 1.29 is 14.7 Å². The molecule has 0 amide bonds. The number of phenolic OH excluding ortho intramolecular Hbond substituents is 1. The highest BCUT2D eigenvalue weighted by atomic mass is 35.5. The van der Waals surface area contributed by atoms with Gasteiger partial charge in [0.15, 0.2) is 5.84 Å². The van der Waals surface area contributed by atoms with Gasteiger partial charge in [-0.15, -0.1) is 0 Å². The van der Waals surface area contributed by atoms with Crippen molar-refractivity contribution in [2.75, 3.05) is 0 Å².